The Morgan fingerprint density at radius 2 is 1.88 bits per heavy atom. The quantitative estimate of drug-likeness (QED) is 0.662. The van der Waals surface area contributed by atoms with Gasteiger partial charge in [-0.2, -0.15) is 0 Å². The number of rotatable bonds is 7. The zero-order valence-corrected chi connectivity index (χ0v) is 15.8. The number of hydrogen-bond acceptors (Lipinski definition) is 4. The summed E-state index contributed by atoms with van der Waals surface area (Å²) in [4.78, 5) is 8.34. The molecule has 1 unspecified atom stereocenters. The van der Waals surface area contributed by atoms with Crippen LogP contribution in [0.15, 0.2) is 47.7 Å². The van der Waals surface area contributed by atoms with Gasteiger partial charge in [0, 0.05) is 42.0 Å². The van der Waals surface area contributed by atoms with Gasteiger partial charge in [-0.25, -0.2) is 0 Å². The van der Waals surface area contributed by atoms with Gasteiger partial charge in [-0.05, 0) is 54.1 Å². The van der Waals surface area contributed by atoms with E-state index in [9.17, 15) is 0 Å². The van der Waals surface area contributed by atoms with Crippen molar-refractivity contribution in [3.63, 3.8) is 0 Å². The molecule has 5 rings (SSSR count). The average Bonchev–Trinajstić information content (AvgIpc) is 3.29. The van der Waals surface area contributed by atoms with Crippen LogP contribution in [0.25, 0.3) is 0 Å². The lowest BCUT2D eigenvalue weighted by atomic mass is 9.75. The molecule has 24 heavy (non-hydrogen) atoms. The topological polar surface area (TPSA) is 6.48 Å². The Hall–Kier alpha value is -0.940. The van der Waals surface area contributed by atoms with Crippen molar-refractivity contribution in [2.45, 2.75) is 32.0 Å². The van der Waals surface area contributed by atoms with Crippen molar-refractivity contribution in [2.75, 3.05) is 19.6 Å². The standard InChI is InChI=1S/C20H26N2S2/c1-2-16-12-22-8-7-17(16)11-18(22)13-21(14-19-5-3-9-23-19)15-20-6-4-10-24-20/h2-6,9-10,16-18H,1,7-8,11-15H2/t16-,17-,18+/m0/s1. The molecule has 4 heteroatoms. The Morgan fingerprint density at radius 1 is 1.17 bits per heavy atom. The second kappa shape index (κ2) is 7.52. The highest BCUT2D eigenvalue weighted by Gasteiger charge is 2.39. The van der Waals surface area contributed by atoms with Gasteiger partial charge in [0.1, 0.15) is 0 Å². The van der Waals surface area contributed by atoms with Crippen LogP contribution in [-0.4, -0.2) is 35.5 Å². The molecule has 3 saturated heterocycles. The highest BCUT2D eigenvalue weighted by Crippen LogP contribution is 2.37. The third-order valence-corrected chi connectivity index (χ3v) is 7.34. The van der Waals surface area contributed by atoms with Crippen molar-refractivity contribution in [2.24, 2.45) is 11.8 Å². The molecule has 2 bridgehead atoms. The van der Waals surface area contributed by atoms with Gasteiger partial charge in [0.25, 0.3) is 0 Å². The number of thiophene rings is 2. The van der Waals surface area contributed by atoms with Gasteiger partial charge in [0.2, 0.25) is 0 Å². The average molecular weight is 359 g/mol. The van der Waals surface area contributed by atoms with Crippen LogP contribution < -0.4 is 0 Å². The summed E-state index contributed by atoms with van der Waals surface area (Å²) in [6, 6.07) is 9.61. The molecule has 2 nitrogen and oxygen atoms in total. The van der Waals surface area contributed by atoms with Crippen LogP contribution in [0.4, 0.5) is 0 Å². The van der Waals surface area contributed by atoms with E-state index < -0.39 is 0 Å². The van der Waals surface area contributed by atoms with Crippen LogP contribution in [0.2, 0.25) is 0 Å². The van der Waals surface area contributed by atoms with Gasteiger partial charge < -0.3 is 0 Å². The normalized spacial score (nSPS) is 29.2. The highest BCUT2D eigenvalue weighted by atomic mass is 32.1. The number of piperidine rings is 3. The van der Waals surface area contributed by atoms with Crippen LogP contribution in [0, 0.1) is 11.8 Å². The molecule has 5 heterocycles. The molecule has 2 aromatic heterocycles. The molecule has 0 spiro atoms. The van der Waals surface area contributed by atoms with Crippen LogP contribution >= 0.6 is 22.7 Å². The molecule has 0 radical (unpaired) electrons. The molecule has 0 aromatic carbocycles. The van der Waals surface area contributed by atoms with E-state index in [4.69, 9.17) is 0 Å². The maximum atomic E-state index is 4.05. The van der Waals surface area contributed by atoms with Crippen molar-refractivity contribution in [1.29, 1.82) is 0 Å². The summed E-state index contributed by atoms with van der Waals surface area (Å²) in [7, 11) is 0. The predicted molar refractivity (Wildman–Crippen MR) is 105 cm³/mol. The summed E-state index contributed by atoms with van der Waals surface area (Å²) in [5.74, 6) is 1.58. The molecule has 0 saturated carbocycles. The minimum Gasteiger partial charge on any atom is -0.298 e. The molecule has 3 fully saturated rings. The summed E-state index contributed by atoms with van der Waals surface area (Å²) in [5.41, 5.74) is 0. The zero-order valence-electron chi connectivity index (χ0n) is 14.1. The molecular formula is C20H26N2S2. The zero-order chi connectivity index (χ0) is 16.4. The fourth-order valence-corrected chi connectivity index (χ4v) is 5.86. The Balaban J connectivity index is 1.44. The molecule has 0 amide bonds. The molecule has 128 valence electrons. The first-order chi connectivity index (χ1) is 11.8. The van der Waals surface area contributed by atoms with E-state index >= 15 is 0 Å². The minimum atomic E-state index is 0.720. The van der Waals surface area contributed by atoms with Gasteiger partial charge in [0.15, 0.2) is 0 Å². The van der Waals surface area contributed by atoms with Crippen LogP contribution in [-0.2, 0) is 13.1 Å². The second-order valence-electron chi connectivity index (χ2n) is 7.16. The van der Waals surface area contributed by atoms with Crippen LogP contribution in [0.5, 0.6) is 0 Å². The summed E-state index contributed by atoms with van der Waals surface area (Å²) >= 11 is 3.76. The van der Waals surface area contributed by atoms with Crippen molar-refractivity contribution in [1.82, 2.24) is 9.80 Å². The third-order valence-electron chi connectivity index (χ3n) is 5.62. The number of nitrogens with zero attached hydrogens (tertiary/aromatic N) is 2. The monoisotopic (exact) mass is 358 g/mol. The van der Waals surface area contributed by atoms with E-state index in [-0.39, 0.29) is 0 Å². The first kappa shape index (κ1) is 16.5. The Morgan fingerprint density at radius 3 is 2.38 bits per heavy atom. The van der Waals surface area contributed by atoms with E-state index in [1.54, 1.807) is 0 Å². The summed E-state index contributed by atoms with van der Waals surface area (Å²) in [6.07, 6.45) is 4.91. The third kappa shape index (κ3) is 3.67. The van der Waals surface area contributed by atoms with Crippen LogP contribution in [0.3, 0.4) is 0 Å². The van der Waals surface area contributed by atoms with Crippen molar-refractivity contribution < 1.29 is 0 Å². The SMILES string of the molecule is C=C[C@H]1CN2CC[C@H]1C[C@@H]2CN(Cc1cccs1)Cc1cccs1. The van der Waals surface area contributed by atoms with Gasteiger partial charge in [-0.1, -0.05) is 18.2 Å². The van der Waals surface area contributed by atoms with Crippen molar-refractivity contribution >= 4 is 22.7 Å². The molecule has 3 aliphatic rings. The van der Waals surface area contributed by atoms with E-state index in [2.05, 4.69) is 57.5 Å². The van der Waals surface area contributed by atoms with Gasteiger partial charge in [-0.3, -0.25) is 9.80 Å². The first-order valence-electron chi connectivity index (χ1n) is 8.95. The molecule has 0 aliphatic carbocycles. The fourth-order valence-electron chi connectivity index (χ4n) is 4.37. The van der Waals surface area contributed by atoms with Gasteiger partial charge in [-0.15, -0.1) is 29.3 Å². The number of hydrogen-bond donors (Lipinski definition) is 0. The maximum absolute atomic E-state index is 4.05. The van der Waals surface area contributed by atoms with E-state index in [0.717, 1.165) is 31.0 Å². The largest absolute Gasteiger partial charge is 0.298 e. The Kier molecular flexibility index (Phi) is 5.18. The Labute approximate surface area is 153 Å². The molecule has 4 atom stereocenters. The van der Waals surface area contributed by atoms with Crippen molar-refractivity contribution in [3.8, 4) is 0 Å². The summed E-state index contributed by atoms with van der Waals surface area (Å²) < 4.78 is 0. The predicted octanol–water partition coefficient (Wildman–Crippen LogP) is 4.71. The second-order valence-corrected chi connectivity index (χ2v) is 9.23. The van der Waals surface area contributed by atoms with Crippen LogP contribution in [0.1, 0.15) is 22.6 Å². The highest BCUT2D eigenvalue weighted by molar-refractivity contribution is 7.10. The van der Waals surface area contributed by atoms with E-state index in [0.29, 0.717) is 0 Å². The van der Waals surface area contributed by atoms with Crippen molar-refractivity contribution in [3.05, 3.63) is 57.4 Å². The van der Waals surface area contributed by atoms with Gasteiger partial charge >= 0.3 is 0 Å². The smallest absolute Gasteiger partial charge is 0.0332 e. The fraction of sp³-hybridized carbons (Fsp3) is 0.500. The molecular weight excluding hydrogens is 332 g/mol. The molecule has 0 N–H and O–H groups in total. The summed E-state index contributed by atoms with van der Waals surface area (Å²) in [5, 5.41) is 4.39. The number of fused-ring (bicyclic) bond motifs is 3. The lowest BCUT2D eigenvalue weighted by Crippen LogP contribution is -2.56. The summed E-state index contributed by atoms with van der Waals surface area (Å²) in [6.45, 7) is 9.91. The lowest BCUT2D eigenvalue weighted by Gasteiger charge is -2.50. The van der Waals surface area contributed by atoms with Gasteiger partial charge in [0.05, 0.1) is 0 Å². The minimum absolute atomic E-state index is 0.720. The Bertz CT molecular complexity index is 598. The lowest BCUT2D eigenvalue weighted by molar-refractivity contribution is 0.000394. The van der Waals surface area contributed by atoms with E-state index in [1.807, 2.05) is 22.7 Å². The first-order valence-corrected chi connectivity index (χ1v) is 10.7. The molecule has 2 aromatic rings. The maximum Gasteiger partial charge on any atom is 0.0332 e. The van der Waals surface area contributed by atoms with E-state index in [1.165, 1.54) is 42.2 Å². The molecule has 3 aliphatic heterocycles.